The molecule has 1 rings (SSSR count). The van der Waals surface area contributed by atoms with Crippen molar-refractivity contribution >= 4 is 23.2 Å². The van der Waals surface area contributed by atoms with E-state index in [0.29, 0.717) is 12.8 Å². The number of nitrogens with zero attached hydrogens (tertiary/aromatic N) is 1. The number of nitrogens with one attached hydrogen (secondary N) is 1. The van der Waals surface area contributed by atoms with Gasteiger partial charge in [0.2, 0.25) is 5.91 Å². The Morgan fingerprint density at radius 1 is 1.53 bits per heavy atom. The van der Waals surface area contributed by atoms with Crippen LogP contribution >= 0.6 is 11.3 Å². The van der Waals surface area contributed by atoms with Crippen LogP contribution in [0.4, 0.5) is 0 Å². The molecule has 0 radical (unpaired) electrons. The first kappa shape index (κ1) is 15.6. The number of aliphatic carboxylic acids is 1. The van der Waals surface area contributed by atoms with Gasteiger partial charge < -0.3 is 10.4 Å². The Bertz CT molecular complexity index is 431. The summed E-state index contributed by atoms with van der Waals surface area (Å²) in [5.74, 6) is -1.19. The molecule has 0 aromatic carbocycles. The fourth-order valence-electron chi connectivity index (χ4n) is 1.67. The number of carbonyl (C=O) groups is 2. The Hall–Kier alpha value is -1.43. The van der Waals surface area contributed by atoms with Gasteiger partial charge in [-0.3, -0.25) is 4.79 Å². The highest BCUT2D eigenvalue weighted by atomic mass is 32.1. The fraction of sp³-hybridized carbons (Fsp3) is 0.615. The number of amides is 1. The van der Waals surface area contributed by atoms with Gasteiger partial charge in [-0.15, -0.1) is 11.3 Å². The number of unbranched alkanes of at least 4 members (excludes halogenated alkanes) is 1. The normalized spacial score (nSPS) is 12.1. The predicted octanol–water partition coefficient (Wildman–Crippen LogP) is 2.14. The number of carboxylic acid groups (broad SMARTS) is 1. The Labute approximate surface area is 117 Å². The molecule has 0 bridgehead atoms. The molecule has 2 N–H and O–H groups in total. The molecule has 0 fully saturated rings. The van der Waals surface area contributed by atoms with Crippen LogP contribution in [0.2, 0.25) is 0 Å². The molecule has 1 amide bonds. The zero-order chi connectivity index (χ0) is 14.3. The Kier molecular flexibility index (Phi) is 6.49. The first-order chi connectivity index (χ1) is 9.02. The number of hydrogen-bond donors (Lipinski definition) is 2. The van der Waals surface area contributed by atoms with Crippen LogP contribution in [-0.4, -0.2) is 28.0 Å². The third-order valence-corrected chi connectivity index (χ3v) is 3.74. The van der Waals surface area contributed by atoms with Crippen molar-refractivity contribution in [2.45, 2.75) is 52.0 Å². The molecule has 0 aliphatic heterocycles. The van der Waals surface area contributed by atoms with Gasteiger partial charge in [0.25, 0.3) is 0 Å². The van der Waals surface area contributed by atoms with Gasteiger partial charge in [-0.2, -0.15) is 0 Å². The molecule has 1 atom stereocenters. The molecule has 0 aliphatic rings. The summed E-state index contributed by atoms with van der Waals surface area (Å²) in [6.45, 7) is 3.90. The van der Waals surface area contributed by atoms with Crippen LogP contribution in [0.3, 0.4) is 0 Å². The SMILES string of the molecule is CCCC[C@H](NC(=O)CCc1nc(C)cs1)C(=O)O. The van der Waals surface area contributed by atoms with E-state index >= 15 is 0 Å². The van der Waals surface area contributed by atoms with E-state index in [2.05, 4.69) is 10.3 Å². The number of aromatic nitrogens is 1. The van der Waals surface area contributed by atoms with Crippen molar-refractivity contribution in [3.8, 4) is 0 Å². The van der Waals surface area contributed by atoms with E-state index in [-0.39, 0.29) is 12.3 Å². The molecule has 0 spiro atoms. The number of carbonyl (C=O) groups excluding carboxylic acids is 1. The quantitative estimate of drug-likeness (QED) is 0.766. The molecular weight excluding hydrogens is 264 g/mol. The molecule has 1 heterocycles. The summed E-state index contributed by atoms with van der Waals surface area (Å²) >= 11 is 1.52. The molecule has 0 saturated carbocycles. The molecule has 6 heteroatoms. The number of rotatable bonds is 8. The summed E-state index contributed by atoms with van der Waals surface area (Å²) in [6, 6.07) is -0.773. The van der Waals surface area contributed by atoms with Crippen molar-refractivity contribution < 1.29 is 14.7 Å². The van der Waals surface area contributed by atoms with Crippen LogP contribution in [0.25, 0.3) is 0 Å². The third-order valence-electron chi connectivity index (χ3n) is 2.71. The number of thiazole rings is 1. The van der Waals surface area contributed by atoms with Gasteiger partial charge in [-0.1, -0.05) is 19.8 Å². The molecular formula is C13H20N2O3S. The van der Waals surface area contributed by atoms with Gasteiger partial charge in [0.1, 0.15) is 6.04 Å². The molecule has 0 saturated heterocycles. The van der Waals surface area contributed by atoms with Crippen LogP contribution in [0.1, 0.15) is 43.3 Å². The molecule has 0 aliphatic carbocycles. The largest absolute Gasteiger partial charge is 0.480 e. The zero-order valence-corrected chi connectivity index (χ0v) is 12.1. The van der Waals surface area contributed by atoms with E-state index in [4.69, 9.17) is 5.11 Å². The maximum absolute atomic E-state index is 11.7. The second-order valence-electron chi connectivity index (χ2n) is 4.48. The predicted molar refractivity (Wildman–Crippen MR) is 74.3 cm³/mol. The second kappa shape index (κ2) is 7.89. The fourth-order valence-corrected chi connectivity index (χ4v) is 2.45. The highest BCUT2D eigenvalue weighted by Gasteiger charge is 2.19. The highest BCUT2D eigenvalue weighted by Crippen LogP contribution is 2.11. The Morgan fingerprint density at radius 2 is 2.26 bits per heavy atom. The van der Waals surface area contributed by atoms with E-state index in [1.165, 1.54) is 11.3 Å². The third kappa shape index (κ3) is 5.83. The van der Waals surface area contributed by atoms with Crippen molar-refractivity contribution in [1.29, 1.82) is 0 Å². The van der Waals surface area contributed by atoms with E-state index in [9.17, 15) is 9.59 Å². The maximum Gasteiger partial charge on any atom is 0.326 e. The summed E-state index contributed by atoms with van der Waals surface area (Å²) in [4.78, 5) is 27.0. The minimum absolute atomic E-state index is 0.226. The van der Waals surface area contributed by atoms with Crippen molar-refractivity contribution in [2.75, 3.05) is 0 Å². The van der Waals surface area contributed by atoms with Gasteiger partial charge in [0.05, 0.1) is 5.01 Å². The lowest BCUT2D eigenvalue weighted by molar-refractivity contribution is -0.142. The summed E-state index contributed by atoms with van der Waals surface area (Å²) < 4.78 is 0. The first-order valence-electron chi connectivity index (χ1n) is 6.46. The van der Waals surface area contributed by atoms with E-state index in [1.54, 1.807) is 0 Å². The van der Waals surface area contributed by atoms with Crippen LogP contribution in [0.5, 0.6) is 0 Å². The van der Waals surface area contributed by atoms with Crippen molar-refractivity contribution in [1.82, 2.24) is 10.3 Å². The second-order valence-corrected chi connectivity index (χ2v) is 5.43. The summed E-state index contributed by atoms with van der Waals surface area (Å²) in [6.07, 6.45) is 3.03. The van der Waals surface area contributed by atoms with Gasteiger partial charge >= 0.3 is 5.97 Å². The molecule has 0 unspecified atom stereocenters. The standard InChI is InChI=1S/C13H20N2O3S/c1-3-4-5-10(13(17)18)15-11(16)6-7-12-14-9(2)8-19-12/h8,10H,3-7H2,1-2H3,(H,15,16)(H,17,18)/t10-/m0/s1. The van der Waals surface area contributed by atoms with E-state index < -0.39 is 12.0 Å². The van der Waals surface area contributed by atoms with E-state index in [0.717, 1.165) is 23.5 Å². The van der Waals surface area contributed by atoms with Crippen molar-refractivity contribution in [3.63, 3.8) is 0 Å². The average Bonchev–Trinajstić information content (AvgIpc) is 2.77. The minimum Gasteiger partial charge on any atom is -0.480 e. The minimum atomic E-state index is -0.966. The lowest BCUT2D eigenvalue weighted by atomic mass is 10.1. The summed E-state index contributed by atoms with van der Waals surface area (Å²) in [7, 11) is 0. The van der Waals surface area contributed by atoms with Crippen LogP contribution in [-0.2, 0) is 16.0 Å². The molecule has 19 heavy (non-hydrogen) atoms. The number of hydrogen-bond acceptors (Lipinski definition) is 4. The Balaban J connectivity index is 2.37. The monoisotopic (exact) mass is 284 g/mol. The van der Waals surface area contributed by atoms with Crippen LogP contribution in [0, 0.1) is 6.92 Å². The maximum atomic E-state index is 11.7. The van der Waals surface area contributed by atoms with Gasteiger partial charge in [-0.05, 0) is 13.3 Å². The van der Waals surface area contributed by atoms with Gasteiger partial charge in [-0.25, -0.2) is 9.78 Å². The zero-order valence-electron chi connectivity index (χ0n) is 11.3. The highest BCUT2D eigenvalue weighted by molar-refractivity contribution is 7.09. The first-order valence-corrected chi connectivity index (χ1v) is 7.34. The number of carboxylic acids is 1. The summed E-state index contributed by atoms with van der Waals surface area (Å²) in [5, 5.41) is 14.4. The van der Waals surface area contributed by atoms with Crippen LogP contribution < -0.4 is 5.32 Å². The Morgan fingerprint density at radius 3 is 2.79 bits per heavy atom. The molecule has 1 aromatic heterocycles. The molecule has 1 aromatic rings. The van der Waals surface area contributed by atoms with E-state index in [1.807, 2.05) is 19.2 Å². The lowest BCUT2D eigenvalue weighted by Gasteiger charge is -2.13. The van der Waals surface area contributed by atoms with Gasteiger partial charge in [0.15, 0.2) is 0 Å². The van der Waals surface area contributed by atoms with Gasteiger partial charge in [0, 0.05) is 23.9 Å². The average molecular weight is 284 g/mol. The topological polar surface area (TPSA) is 79.3 Å². The van der Waals surface area contributed by atoms with Crippen molar-refractivity contribution in [2.24, 2.45) is 0 Å². The van der Waals surface area contributed by atoms with Crippen molar-refractivity contribution in [3.05, 3.63) is 16.1 Å². The molecule has 106 valence electrons. The number of aryl methyl sites for hydroxylation is 2. The molecule has 5 nitrogen and oxygen atoms in total. The van der Waals surface area contributed by atoms with Crippen LogP contribution in [0.15, 0.2) is 5.38 Å². The lowest BCUT2D eigenvalue weighted by Crippen LogP contribution is -2.40. The summed E-state index contributed by atoms with van der Waals surface area (Å²) in [5.41, 5.74) is 0.951. The smallest absolute Gasteiger partial charge is 0.326 e.